The van der Waals surface area contributed by atoms with Crippen LogP contribution in [0.15, 0.2) is 30.8 Å². The highest BCUT2D eigenvalue weighted by molar-refractivity contribution is 7.59. The molecular formula is C12H18S. The Morgan fingerprint density at radius 3 is 1.85 bits per heavy atom. The minimum absolute atomic E-state index is 0. The number of rotatable bonds is 1. The molecule has 72 valence electrons. The summed E-state index contributed by atoms with van der Waals surface area (Å²) in [5.74, 6) is 0. The largest absolute Gasteiger partial charge is 0.197 e. The molecule has 0 heterocycles. The van der Waals surface area contributed by atoms with Gasteiger partial charge in [0.15, 0.2) is 0 Å². The zero-order valence-electron chi connectivity index (χ0n) is 8.59. The van der Waals surface area contributed by atoms with Crippen molar-refractivity contribution in [3.05, 3.63) is 42.0 Å². The van der Waals surface area contributed by atoms with Crippen LogP contribution in [-0.4, -0.2) is 0 Å². The molecule has 0 radical (unpaired) electrons. The molecular weight excluding hydrogens is 176 g/mol. The van der Waals surface area contributed by atoms with E-state index in [1.807, 2.05) is 6.08 Å². The van der Waals surface area contributed by atoms with Crippen LogP contribution >= 0.6 is 13.5 Å². The summed E-state index contributed by atoms with van der Waals surface area (Å²) < 4.78 is 0. The van der Waals surface area contributed by atoms with Crippen molar-refractivity contribution in [1.29, 1.82) is 0 Å². The summed E-state index contributed by atoms with van der Waals surface area (Å²) >= 11 is 0. The van der Waals surface area contributed by atoms with Gasteiger partial charge in [-0.1, -0.05) is 57.7 Å². The van der Waals surface area contributed by atoms with Gasteiger partial charge in [0.05, 0.1) is 0 Å². The second-order valence-electron chi connectivity index (χ2n) is 4.08. The van der Waals surface area contributed by atoms with Gasteiger partial charge in [-0.2, -0.15) is 13.5 Å². The average Bonchev–Trinajstić information content (AvgIpc) is 2.03. The quantitative estimate of drug-likeness (QED) is 0.639. The highest BCUT2D eigenvalue weighted by Crippen LogP contribution is 2.22. The summed E-state index contributed by atoms with van der Waals surface area (Å²) in [6, 6.07) is 8.54. The van der Waals surface area contributed by atoms with E-state index in [9.17, 15) is 0 Å². The first-order chi connectivity index (χ1) is 5.54. The first kappa shape index (κ1) is 12.3. The Bertz CT molecular complexity index is 264. The fourth-order valence-corrected chi connectivity index (χ4v) is 1.12. The molecule has 1 heteroatoms. The second-order valence-corrected chi connectivity index (χ2v) is 4.08. The molecule has 0 saturated carbocycles. The van der Waals surface area contributed by atoms with Gasteiger partial charge < -0.3 is 0 Å². The maximum Gasteiger partial charge on any atom is -0.0132 e. The highest BCUT2D eigenvalue weighted by Gasteiger charge is 2.12. The molecule has 0 saturated heterocycles. The molecule has 13 heavy (non-hydrogen) atoms. The van der Waals surface area contributed by atoms with Crippen molar-refractivity contribution in [1.82, 2.24) is 0 Å². The summed E-state index contributed by atoms with van der Waals surface area (Å²) in [4.78, 5) is 0. The summed E-state index contributed by atoms with van der Waals surface area (Å²) in [6.45, 7) is 10.4. The Morgan fingerprint density at radius 1 is 1.08 bits per heavy atom. The first-order valence-electron chi connectivity index (χ1n) is 4.27. The molecule has 1 aromatic carbocycles. The van der Waals surface area contributed by atoms with Gasteiger partial charge >= 0.3 is 0 Å². The lowest BCUT2D eigenvalue weighted by Gasteiger charge is -2.18. The molecule has 0 amide bonds. The molecule has 0 aliphatic heterocycles. The first-order valence-corrected chi connectivity index (χ1v) is 4.27. The van der Waals surface area contributed by atoms with E-state index in [0.29, 0.717) is 0 Å². The predicted octanol–water partition coefficient (Wildman–Crippen LogP) is 3.74. The average molecular weight is 194 g/mol. The van der Waals surface area contributed by atoms with Crippen molar-refractivity contribution in [2.45, 2.75) is 26.2 Å². The van der Waals surface area contributed by atoms with Crippen molar-refractivity contribution in [2.75, 3.05) is 0 Å². The van der Waals surface area contributed by atoms with Crippen LogP contribution in [0.5, 0.6) is 0 Å². The Hall–Kier alpha value is -0.690. The number of hydrogen-bond acceptors (Lipinski definition) is 0. The fourth-order valence-electron chi connectivity index (χ4n) is 1.12. The van der Waals surface area contributed by atoms with Gasteiger partial charge in [-0.25, -0.2) is 0 Å². The van der Waals surface area contributed by atoms with E-state index in [4.69, 9.17) is 0 Å². The van der Waals surface area contributed by atoms with E-state index in [-0.39, 0.29) is 18.9 Å². The molecule has 0 bridgehead atoms. The fraction of sp³-hybridized carbons (Fsp3) is 0.333. The summed E-state index contributed by atoms with van der Waals surface area (Å²) in [5.41, 5.74) is 2.80. The van der Waals surface area contributed by atoms with Crippen molar-refractivity contribution in [2.24, 2.45) is 0 Å². The molecule has 1 rings (SSSR count). The van der Waals surface area contributed by atoms with Crippen molar-refractivity contribution < 1.29 is 0 Å². The van der Waals surface area contributed by atoms with Gasteiger partial charge in [-0.3, -0.25) is 0 Å². The molecule has 0 spiro atoms. The molecule has 0 atom stereocenters. The maximum atomic E-state index is 3.72. The lowest BCUT2D eigenvalue weighted by atomic mass is 9.87. The van der Waals surface area contributed by atoms with Crippen LogP contribution in [0.2, 0.25) is 0 Å². The van der Waals surface area contributed by atoms with Gasteiger partial charge in [-0.05, 0) is 16.5 Å². The van der Waals surface area contributed by atoms with Crippen LogP contribution in [0.3, 0.4) is 0 Å². The van der Waals surface area contributed by atoms with E-state index < -0.39 is 0 Å². The van der Waals surface area contributed by atoms with Crippen molar-refractivity contribution in [3.8, 4) is 0 Å². The Balaban J connectivity index is 0.00000144. The second kappa shape index (κ2) is 4.52. The molecule has 0 fully saturated rings. The van der Waals surface area contributed by atoms with Gasteiger partial charge in [0.25, 0.3) is 0 Å². The summed E-state index contributed by atoms with van der Waals surface area (Å²) in [7, 11) is 0. The normalized spacial score (nSPS) is 10.4. The SMILES string of the molecule is C=Cc1ccc(C(C)(C)C)cc1.S. The molecule has 0 aliphatic rings. The Morgan fingerprint density at radius 2 is 1.54 bits per heavy atom. The third-order valence-corrected chi connectivity index (χ3v) is 2.01. The zero-order chi connectivity index (χ0) is 9.19. The third-order valence-electron chi connectivity index (χ3n) is 2.01. The molecule has 0 nitrogen and oxygen atoms in total. The van der Waals surface area contributed by atoms with E-state index in [0.717, 1.165) is 0 Å². The van der Waals surface area contributed by atoms with Crippen LogP contribution in [0.1, 0.15) is 31.9 Å². The van der Waals surface area contributed by atoms with Crippen molar-refractivity contribution >= 4 is 19.6 Å². The lowest BCUT2D eigenvalue weighted by molar-refractivity contribution is 0.590. The smallest absolute Gasteiger partial charge is 0.0132 e. The van der Waals surface area contributed by atoms with Gasteiger partial charge in [-0.15, -0.1) is 0 Å². The molecule has 0 unspecified atom stereocenters. The van der Waals surface area contributed by atoms with Gasteiger partial charge in [0, 0.05) is 0 Å². The lowest BCUT2D eigenvalue weighted by Crippen LogP contribution is -2.10. The summed E-state index contributed by atoms with van der Waals surface area (Å²) in [5, 5.41) is 0. The van der Waals surface area contributed by atoms with E-state index in [1.165, 1.54) is 11.1 Å². The van der Waals surface area contributed by atoms with Crippen LogP contribution in [0, 0.1) is 0 Å². The van der Waals surface area contributed by atoms with E-state index in [2.05, 4.69) is 51.6 Å². The van der Waals surface area contributed by atoms with Crippen LogP contribution in [-0.2, 0) is 5.41 Å². The Kier molecular flexibility index (Phi) is 4.28. The van der Waals surface area contributed by atoms with Crippen LogP contribution < -0.4 is 0 Å². The van der Waals surface area contributed by atoms with E-state index >= 15 is 0 Å². The van der Waals surface area contributed by atoms with Crippen LogP contribution in [0.25, 0.3) is 6.08 Å². The topological polar surface area (TPSA) is 0 Å². The minimum Gasteiger partial charge on any atom is -0.197 e. The third kappa shape index (κ3) is 3.27. The van der Waals surface area contributed by atoms with Gasteiger partial charge in [0.2, 0.25) is 0 Å². The molecule has 0 aliphatic carbocycles. The molecule has 1 aromatic rings. The predicted molar refractivity (Wildman–Crippen MR) is 65.6 cm³/mol. The standard InChI is InChI=1S/C12H16.H2S/c1-5-10-6-8-11(9-7-10)12(2,3)4;/h5-9H,1H2,2-4H3;1H2. The van der Waals surface area contributed by atoms with Crippen molar-refractivity contribution in [3.63, 3.8) is 0 Å². The summed E-state index contributed by atoms with van der Waals surface area (Å²) in [6.07, 6.45) is 1.87. The molecule has 0 aromatic heterocycles. The monoisotopic (exact) mass is 194 g/mol. The zero-order valence-corrected chi connectivity index (χ0v) is 9.59. The molecule has 0 N–H and O–H groups in total. The highest BCUT2D eigenvalue weighted by atomic mass is 32.1. The number of hydrogen-bond donors (Lipinski definition) is 0. The van der Waals surface area contributed by atoms with Gasteiger partial charge in [0.1, 0.15) is 0 Å². The number of benzene rings is 1. The van der Waals surface area contributed by atoms with E-state index in [1.54, 1.807) is 0 Å². The van der Waals surface area contributed by atoms with Crippen LogP contribution in [0.4, 0.5) is 0 Å². The minimum atomic E-state index is 0. The maximum absolute atomic E-state index is 3.72. The Labute approximate surface area is 88.1 Å².